The number of hydrogen-bond acceptors (Lipinski definition) is 5. The largest absolute Gasteiger partial charge is 0.388 e. The van der Waals surface area contributed by atoms with E-state index in [4.69, 9.17) is 16.5 Å². The van der Waals surface area contributed by atoms with Crippen molar-refractivity contribution in [1.82, 2.24) is 14.5 Å². The van der Waals surface area contributed by atoms with Crippen LogP contribution in [-0.4, -0.2) is 31.7 Å². The van der Waals surface area contributed by atoms with Crippen molar-refractivity contribution >= 4 is 28.6 Å². The van der Waals surface area contributed by atoms with Gasteiger partial charge in [0.05, 0.1) is 18.0 Å². The first-order valence-electron chi connectivity index (χ1n) is 8.94. The van der Waals surface area contributed by atoms with Crippen LogP contribution >= 0.6 is 0 Å². The number of allylic oxidation sites excluding steroid dienone is 2. The quantitative estimate of drug-likeness (QED) is 0.781. The number of carbonyl (C=O) groups excluding carboxylic acids is 1. The lowest BCUT2D eigenvalue weighted by atomic mass is 9.83. The zero-order valence-corrected chi connectivity index (χ0v) is 14.9. The smallest absolute Gasteiger partial charge is 0.254 e. The van der Waals surface area contributed by atoms with Crippen LogP contribution in [0.5, 0.6) is 0 Å². The second-order valence-electron chi connectivity index (χ2n) is 7.26. The van der Waals surface area contributed by atoms with Crippen molar-refractivity contribution < 1.29 is 9.90 Å². The number of carbonyl (C=O) groups is 1. The van der Waals surface area contributed by atoms with E-state index in [1.807, 2.05) is 19.9 Å². The highest BCUT2D eigenvalue weighted by Crippen LogP contribution is 2.39. The molecule has 2 aromatic rings. The molecule has 0 radical (unpaired) electrons. The van der Waals surface area contributed by atoms with E-state index in [1.165, 1.54) is 6.42 Å². The molecule has 0 saturated heterocycles. The molecule has 7 heteroatoms. The van der Waals surface area contributed by atoms with Crippen LogP contribution in [0.25, 0.3) is 16.9 Å². The number of anilines is 1. The maximum Gasteiger partial charge on any atom is 0.254 e. The number of aliphatic hydroxyl groups excluding tert-OH is 1. The molecule has 2 aromatic heterocycles. The number of hydrogen-bond donors (Lipinski definition) is 3. The molecule has 2 aliphatic rings. The highest BCUT2D eigenvalue weighted by atomic mass is 16.3. The third-order valence-corrected chi connectivity index (χ3v) is 5.62. The molecule has 136 valence electrons. The van der Waals surface area contributed by atoms with Gasteiger partial charge in [0.1, 0.15) is 16.9 Å². The van der Waals surface area contributed by atoms with Crippen molar-refractivity contribution in [2.24, 2.45) is 11.7 Å². The Balaban J connectivity index is 1.99. The molecule has 7 nitrogen and oxygen atoms in total. The Labute approximate surface area is 151 Å². The summed E-state index contributed by atoms with van der Waals surface area (Å²) in [5.41, 5.74) is 15.7. The normalized spacial score (nSPS) is 23.5. The molecule has 5 N–H and O–H groups in total. The van der Waals surface area contributed by atoms with Crippen LogP contribution in [0, 0.1) is 5.92 Å². The zero-order valence-electron chi connectivity index (χ0n) is 14.9. The molecule has 0 aromatic carbocycles. The summed E-state index contributed by atoms with van der Waals surface area (Å²) in [4.78, 5) is 21.4. The lowest BCUT2D eigenvalue weighted by molar-refractivity contribution is 0.100. The highest BCUT2D eigenvalue weighted by Gasteiger charge is 2.31. The first kappa shape index (κ1) is 16.8. The van der Waals surface area contributed by atoms with Gasteiger partial charge in [-0.25, -0.2) is 9.97 Å². The van der Waals surface area contributed by atoms with E-state index < -0.39 is 12.0 Å². The topological polar surface area (TPSA) is 120 Å². The molecule has 2 atom stereocenters. The van der Waals surface area contributed by atoms with Gasteiger partial charge >= 0.3 is 0 Å². The Morgan fingerprint density at radius 3 is 2.73 bits per heavy atom. The lowest BCUT2D eigenvalue weighted by Crippen LogP contribution is -2.24. The first-order chi connectivity index (χ1) is 12.4. The highest BCUT2D eigenvalue weighted by molar-refractivity contribution is 6.10. The van der Waals surface area contributed by atoms with Crippen molar-refractivity contribution in [3.05, 3.63) is 35.2 Å². The number of aromatic nitrogens is 3. The summed E-state index contributed by atoms with van der Waals surface area (Å²) in [6.45, 7) is 3.86. The minimum atomic E-state index is -0.634. The maximum absolute atomic E-state index is 12.1. The SMILES string of the molecule is CC1=C(n2c(N)c(C(N)=O)c3nc(C4CCC4)cnc32)C(C)C(O)C=C1. The predicted octanol–water partition coefficient (Wildman–Crippen LogP) is 2.18. The van der Waals surface area contributed by atoms with Crippen LogP contribution in [0.3, 0.4) is 0 Å². The first-order valence-corrected chi connectivity index (χ1v) is 8.94. The fourth-order valence-electron chi connectivity index (χ4n) is 3.86. The molecule has 2 aliphatic carbocycles. The Morgan fingerprint density at radius 2 is 2.12 bits per heavy atom. The summed E-state index contributed by atoms with van der Waals surface area (Å²) >= 11 is 0. The Kier molecular flexibility index (Phi) is 3.84. The minimum Gasteiger partial charge on any atom is -0.388 e. The number of nitrogen functional groups attached to an aromatic ring is 1. The number of nitrogens with zero attached hydrogens (tertiary/aromatic N) is 3. The average Bonchev–Trinajstić information content (AvgIpc) is 2.82. The van der Waals surface area contributed by atoms with E-state index in [0.29, 0.717) is 17.1 Å². The number of aliphatic hydroxyl groups is 1. The van der Waals surface area contributed by atoms with Gasteiger partial charge in [0, 0.05) is 17.5 Å². The molecule has 0 aliphatic heterocycles. The second kappa shape index (κ2) is 5.95. The molecule has 1 amide bonds. The maximum atomic E-state index is 12.1. The fourth-order valence-corrected chi connectivity index (χ4v) is 3.86. The van der Waals surface area contributed by atoms with Gasteiger partial charge in [-0.3, -0.25) is 9.36 Å². The zero-order chi connectivity index (χ0) is 18.6. The summed E-state index contributed by atoms with van der Waals surface area (Å²) in [7, 11) is 0. The van der Waals surface area contributed by atoms with Crippen LogP contribution in [0.2, 0.25) is 0 Å². The predicted molar refractivity (Wildman–Crippen MR) is 100 cm³/mol. The number of amides is 1. The molecule has 0 spiro atoms. The summed E-state index contributed by atoms with van der Waals surface area (Å²) in [5.74, 6) is -0.214. The molecule has 2 heterocycles. The molecule has 2 unspecified atom stereocenters. The van der Waals surface area contributed by atoms with Gasteiger partial charge in [-0.1, -0.05) is 25.5 Å². The standard InChI is InChI=1S/C19H23N5O2/c1-9-6-7-13(25)10(2)16(9)24-17(20)14(18(21)26)15-19(24)22-8-12(23-15)11-4-3-5-11/h6-8,10-11,13,25H,3-5,20H2,1-2H3,(H2,21,26). The van der Waals surface area contributed by atoms with Gasteiger partial charge in [0.15, 0.2) is 5.65 Å². The number of nitrogens with two attached hydrogens (primary N) is 2. The van der Waals surface area contributed by atoms with Gasteiger partial charge in [-0.15, -0.1) is 0 Å². The van der Waals surface area contributed by atoms with Gasteiger partial charge in [-0.05, 0) is 25.3 Å². The van der Waals surface area contributed by atoms with Gasteiger partial charge in [0.25, 0.3) is 5.91 Å². The molecular weight excluding hydrogens is 330 g/mol. The van der Waals surface area contributed by atoms with E-state index >= 15 is 0 Å². The van der Waals surface area contributed by atoms with Gasteiger partial charge < -0.3 is 16.6 Å². The molecule has 1 saturated carbocycles. The van der Waals surface area contributed by atoms with Crippen LogP contribution in [0.1, 0.15) is 55.1 Å². The van der Waals surface area contributed by atoms with Crippen LogP contribution in [-0.2, 0) is 0 Å². The molecule has 0 bridgehead atoms. The Morgan fingerprint density at radius 1 is 1.38 bits per heavy atom. The van der Waals surface area contributed by atoms with Crippen LogP contribution < -0.4 is 11.5 Å². The summed E-state index contributed by atoms with van der Waals surface area (Å²) in [5, 5.41) is 10.3. The second-order valence-corrected chi connectivity index (χ2v) is 7.26. The van der Waals surface area contributed by atoms with E-state index in [0.717, 1.165) is 29.8 Å². The Bertz CT molecular complexity index is 968. The van der Waals surface area contributed by atoms with Crippen LogP contribution in [0.4, 0.5) is 5.82 Å². The number of primary amides is 1. The fraction of sp³-hybridized carbons (Fsp3) is 0.421. The van der Waals surface area contributed by atoms with Gasteiger partial charge in [0.2, 0.25) is 0 Å². The molecule has 4 rings (SSSR count). The van der Waals surface area contributed by atoms with E-state index in [-0.39, 0.29) is 17.3 Å². The van der Waals surface area contributed by atoms with E-state index in [9.17, 15) is 9.90 Å². The molecular formula is C19H23N5O2. The van der Waals surface area contributed by atoms with Crippen molar-refractivity contribution in [3.63, 3.8) is 0 Å². The average molecular weight is 353 g/mol. The molecule has 1 fully saturated rings. The van der Waals surface area contributed by atoms with Crippen molar-refractivity contribution in [2.45, 2.75) is 45.1 Å². The number of rotatable bonds is 3. The minimum absolute atomic E-state index is 0.199. The summed E-state index contributed by atoms with van der Waals surface area (Å²) in [6.07, 6.45) is 8.09. The van der Waals surface area contributed by atoms with Gasteiger partial charge in [-0.2, -0.15) is 0 Å². The van der Waals surface area contributed by atoms with E-state index in [2.05, 4.69) is 4.98 Å². The van der Waals surface area contributed by atoms with Crippen LogP contribution in [0.15, 0.2) is 23.9 Å². The number of fused-ring (bicyclic) bond motifs is 1. The molecule has 26 heavy (non-hydrogen) atoms. The van der Waals surface area contributed by atoms with Crippen molar-refractivity contribution in [2.75, 3.05) is 5.73 Å². The summed E-state index contributed by atoms with van der Waals surface area (Å²) in [6, 6.07) is 0. The summed E-state index contributed by atoms with van der Waals surface area (Å²) < 4.78 is 1.72. The van der Waals surface area contributed by atoms with Crippen molar-refractivity contribution in [1.29, 1.82) is 0 Å². The monoisotopic (exact) mass is 353 g/mol. The van der Waals surface area contributed by atoms with Crippen molar-refractivity contribution in [3.8, 4) is 0 Å². The third kappa shape index (κ3) is 2.34. The Hall–Kier alpha value is -2.67. The lowest BCUT2D eigenvalue weighted by Gasteiger charge is -2.27. The van der Waals surface area contributed by atoms with E-state index in [1.54, 1.807) is 16.8 Å². The third-order valence-electron chi connectivity index (χ3n) is 5.62.